The highest BCUT2D eigenvalue weighted by molar-refractivity contribution is 5.92. The number of hydrogen-bond donors (Lipinski definition) is 1. The second-order valence-electron chi connectivity index (χ2n) is 6.27. The van der Waals surface area contributed by atoms with Crippen LogP contribution in [0.5, 0.6) is 5.75 Å². The molecule has 1 N–H and O–H groups in total. The maximum Gasteiger partial charge on any atom is 0.271 e. The predicted octanol–water partition coefficient (Wildman–Crippen LogP) is 3.08. The van der Waals surface area contributed by atoms with Gasteiger partial charge in [0.15, 0.2) is 0 Å². The summed E-state index contributed by atoms with van der Waals surface area (Å²) in [6.45, 7) is 5.39. The van der Waals surface area contributed by atoms with Gasteiger partial charge in [-0.2, -0.15) is 0 Å². The smallest absolute Gasteiger partial charge is 0.271 e. The van der Waals surface area contributed by atoms with E-state index in [0.717, 1.165) is 17.7 Å². The lowest BCUT2D eigenvalue weighted by Crippen LogP contribution is -2.23. The van der Waals surface area contributed by atoms with Crippen molar-refractivity contribution in [3.05, 3.63) is 60.2 Å². The molecule has 2 aromatic heterocycles. The number of hydrogen-bond acceptors (Lipinski definition) is 4. The Bertz CT molecular complexity index is 824. The molecule has 1 aromatic carbocycles. The molecule has 0 saturated carbocycles. The number of ether oxygens (including phenoxy) is 1. The van der Waals surface area contributed by atoms with E-state index >= 15 is 0 Å². The van der Waals surface area contributed by atoms with Crippen molar-refractivity contribution < 1.29 is 9.53 Å². The molecule has 0 fully saturated rings. The highest BCUT2D eigenvalue weighted by Gasteiger charge is 2.12. The molecular weight excluding hydrogens is 316 g/mol. The van der Waals surface area contributed by atoms with Gasteiger partial charge in [0.25, 0.3) is 5.91 Å². The largest absolute Gasteiger partial charge is 0.493 e. The summed E-state index contributed by atoms with van der Waals surface area (Å²) in [5.41, 5.74) is 1.29. The van der Waals surface area contributed by atoms with Gasteiger partial charge in [0, 0.05) is 30.7 Å². The zero-order chi connectivity index (χ0) is 17.6. The van der Waals surface area contributed by atoms with Crippen LogP contribution in [-0.2, 0) is 6.54 Å². The van der Waals surface area contributed by atoms with Gasteiger partial charge in [0.2, 0.25) is 5.78 Å². The van der Waals surface area contributed by atoms with Crippen LogP contribution in [0.4, 0.5) is 0 Å². The van der Waals surface area contributed by atoms with Crippen molar-refractivity contribution in [3.63, 3.8) is 0 Å². The zero-order valence-electron chi connectivity index (χ0n) is 14.5. The number of fused-ring (bicyclic) bond motifs is 1. The molecule has 6 nitrogen and oxygen atoms in total. The minimum atomic E-state index is -0.234. The normalized spacial score (nSPS) is 11.0. The molecule has 25 heavy (non-hydrogen) atoms. The number of para-hydroxylation sites is 1. The Morgan fingerprint density at radius 1 is 1.28 bits per heavy atom. The van der Waals surface area contributed by atoms with Crippen molar-refractivity contribution in [3.8, 4) is 5.75 Å². The molecule has 0 aliphatic rings. The van der Waals surface area contributed by atoms with Crippen molar-refractivity contribution in [2.45, 2.75) is 26.8 Å². The molecule has 2 heterocycles. The van der Waals surface area contributed by atoms with E-state index in [4.69, 9.17) is 4.74 Å². The third-order valence-electron chi connectivity index (χ3n) is 3.83. The Hall–Kier alpha value is -2.89. The maximum atomic E-state index is 12.3. The standard InChI is InChI=1S/C19H22N4O2/c1-14(2)8-11-25-17-7-4-3-6-15(17)12-21-18(24)16-13-23-10-5-9-20-19(23)22-16/h3-7,9-10,13-14H,8,11-12H2,1-2H3,(H,21,24). The average Bonchev–Trinajstić information content (AvgIpc) is 3.04. The summed E-state index contributed by atoms with van der Waals surface area (Å²) in [5, 5.41) is 2.89. The first-order valence-electron chi connectivity index (χ1n) is 8.42. The van der Waals surface area contributed by atoms with Crippen molar-refractivity contribution in [1.82, 2.24) is 19.7 Å². The predicted molar refractivity (Wildman–Crippen MR) is 95.5 cm³/mol. The molecule has 3 aromatic rings. The highest BCUT2D eigenvalue weighted by Crippen LogP contribution is 2.18. The SMILES string of the molecule is CC(C)CCOc1ccccc1CNC(=O)c1cn2cccnc2n1. The van der Waals surface area contributed by atoms with Gasteiger partial charge < -0.3 is 10.1 Å². The van der Waals surface area contributed by atoms with Gasteiger partial charge in [0.1, 0.15) is 11.4 Å². The first kappa shape index (κ1) is 17.0. The van der Waals surface area contributed by atoms with Crippen molar-refractivity contribution in [2.75, 3.05) is 6.61 Å². The van der Waals surface area contributed by atoms with E-state index in [0.29, 0.717) is 30.5 Å². The number of carbonyl (C=O) groups is 1. The molecule has 0 atom stereocenters. The molecule has 0 saturated heterocycles. The first-order valence-corrected chi connectivity index (χ1v) is 8.42. The number of rotatable bonds is 7. The van der Waals surface area contributed by atoms with Gasteiger partial charge in [-0.1, -0.05) is 32.0 Å². The summed E-state index contributed by atoms with van der Waals surface area (Å²) >= 11 is 0. The number of nitrogens with zero attached hydrogens (tertiary/aromatic N) is 3. The molecule has 0 aliphatic carbocycles. The van der Waals surface area contributed by atoms with Crippen molar-refractivity contribution in [2.24, 2.45) is 5.92 Å². The Labute approximate surface area is 146 Å². The van der Waals surface area contributed by atoms with E-state index in [9.17, 15) is 4.79 Å². The average molecular weight is 338 g/mol. The maximum absolute atomic E-state index is 12.3. The number of aromatic nitrogens is 3. The molecule has 130 valence electrons. The van der Waals surface area contributed by atoms with E-state index in [2.05, 4.69) is 29.1 Å². The second-order valence-corrected chi connectivity index (χ2v) is 6.27. The molecule has 3 rings (SSSR count). The minimum Gasteiger partial charge on any atom is -0.493 e. The molecule has 0 aliphatic heterocycles. The Balaban J connectivity index is 1.63. The van der Waals surface area contributed by atoms with Gasteiger partial charge in [-0.05, 0) is 24.5 Å². The quantitative estimate of drug-likeness (QED) is 0.719. The van der Waals surface area contributed by atoms with Gasteiger partial charge in [-0.15, -0.1) is 0 Å². The zero-order valence-corrected chi connectivity index (χ0v) is 14.5. The van der Waals surface area contributed by atoms with E-state index in [-0.39, 0.29) is 5.91 Å². The molecule has 6 heteroatoms. The Kier molecular flexibility index (Phi) is 5.28. The van der Waals surface area contributed by atoms with Crippen LogP contribution in [0.25, 0.3) is 5.78 Å². The summed E-state index contributed by atoms with van der Waals surface area (Å²) in [4.78, 5) is 20.7. The fourth-order valence-electron chi connectivity index (χ4n) is 2.40. The monoisotopic (exact) mass is 338 g/mol. The van der Waals surface area contributed by atoms with Crippen LogP contribution in [0.3, 0.4) is 0 Å². The summed E-state index contributed by atoms with van der Waals surface area (Å²) < 4.78 is 7.57. The molecular formula is C19H22N4O2. The van der Waals surface area contributed by atoms with Gasteiger partial charge >= 0.3 is 0 Å². The number of imidazole rings is 1. The van der Waals surface area contributed by atoms with E-state index in [1.54, 1.807) is 22.9 Å². The van der Waals surface area contributed by atoms with E-state index in [1.165, 1.54) is 0 Å². The Morgan fingerprint density at radius 2 is 2.12 bits per heavy atom. The molecule has 0 spiro atoms. The lowest BCUT2D eigenvalue weighted by molar-refractivity contribution is 0.0946. The van der Waals surface area contributed by atoms with Crippen LogP contribution in [0, 0.1) is 5.92 Å². The van der Waals surface area contributed by atoms with Crippen LogP contribution < -0.4 is 10.1 Å². The van der Waals surface area contributed by atoms with E-state index < -0.39 is 0 Å². The lowest BCUT2D eigenvalue weighted by atomic mass is 10.1. The number of nitrogens with one attached hydrogen (secondary N) is 1. The minimum absolute atomic E-state index is 0.234. The summed E-state index contributed by atoms with van der Waals surface area (Å²) in [6, 6.07) is 9.55. The van der Waals surface area contributed by atoms with Gasteiger partial charge in [-0.25, -0.2) is 9.97 Å². The van der Waals surface area contributed by atoms with Gasteiger partial charge in [-0.3, -0.25) is 9.20 Å². The Morgan fingerprint density at radius 3 is 2.92 bits per heavy atom. The van der Waals surface area contributed by atoms with Crippen LogP contribution in [0.15, 0.2) is 48.9 Å². The summed E-state index contributed by atoms with van der Waals surface area (Å²) in [5.74, 6) is 1.67. The van der Waals surface area contributed by atoms with E-state index in [1.807, 2.05) is 30.5 Å². The topological polar surface area (TPSA) is 68.5 Å². The third-order valence-corrected chi connectivity index (χ3v) is 3.83. The molecule has 0 radical (unpaired) electrons. The number of benzene rings is 1. The molecule has 1 amide bonds. The first-order chi connectivity index (χ1) is 12.1. The molecule has 0 unspecified atom stereocenters. The van der Waals surface area contributed by atoms with Crippen LogP contribution >= 0.6 is 0 Å². The second kappa shape index (κ2) is 7.79. The highest BCUT2D eigenvalue weighted by atomic mass is 16.5. The molecule has 0 bridgehead atoms. The number of amides is 1. The fraction of sp³-hybridized carbons (Fsp3) is 0.316. The van der Waals surface area contributed by atoms with Crippen LogP contribution in [0.2, 0.25) is 0 Å². The summed E-state index contributed by atoms with van der Waals surface area (Å²) in [6.07, 6.45) is 6.12. The van der Waals surface area contributed by atoms with Crippen LogP contribution in [-0.4, -0.2) is 26.9 Å². The number of carbonyl (C=O) groups excluding carboxylic acids is 1. The lowest BCUT2D eigenvalue weighted by Gasteiger charge is -2.12. The van der Waals surface area contributed by atoms with Crippen LogP contribution in [0.1, 0.15) is 36.3 Å². The van der Waals surface area contributed by atoms with Gasteiger partial charge in [0.05, 0.1) is 6.61 Å². The summed E-state index contributed by atoms with van der Waals surface area (Å²) in [7, 11) is 0. The van der Waals surface area contributed by atoms with Crippen molar-refractivity contribution in [1.29, 1.82) is 0 Å². The fourth-order valence-corrected chi connectivity index (χ4v) is 2.40. The van der Waals surface area contributed by atoms with Crippen molar-refractivity contribution >= 4 is 11.7 Å². The third kappa shape index (κ3) is 4.35.